The van der Waals surface area contributed by atoms with E-state index in [2.05, 4.69) is 0 Å². The van der Waals surface area contributed by atoms with Gasteiger partial charge in [-0.25, -0.2) is 9.59 Å². The Kier molecular flexibility index (Phi) is 10.7. The predicted octanol–water partition coefficient (Wildman–Crippen LogP) is 0.695. The summed E-state index contributed by atoms with van der Waals surface area (Å²) in [5.41, 5.74) is 0. The largest absolute Gasteiger partial charge is 0.630 e. The molecule has 6 nitrogen and oxygen atoms in total. The molecule has 0 rings (SSSR count). The van der Waals surface area contributed by atoms with Gasteiger partial charge in [-0.2, -0.15) is 0 Å². The molecule has 0 aromatic carbocycles. The first-order valence-corrected chi connectivity index (χ1v) is 8.85. The van der Waals surface area contributed by atoms with Gasteiger partial charge >= 0.3 is 11.9 Å². The topological polar surface area (TPSA) is 75.7 Å². The Bertz CT molecular complexity index is 413. The molecule has 0 fully saturated rings. The monoisotopic (exact) mass is 332 g/mol. The van der Waals surface area contributed by atoms with Crippen LogP contribution in [-0.4, -0.2) is 69.3 Å². The number of carbonyl (C=O) groups excluding carboxylic acids is 2. The Labute approximate surface area is 133 Å². The van der Waals surface area contributed by atoms with Gasteiger partial charge in [0.15, 0.2) is 6.16 Å². The molecule has 22 heavy (non-hydrogen) atoms. The Hall–Kier alpha value is -1.23. The lowest BCUT2D eigenvalue weighted by molar-refractivity contribution is -0.867. The average Bonchev–Trinajstić information content (AvgIpc) is 2.42. The molecule has 1 atom stereocenters. The second-order valence-corrected chi connectivity index (χ2v) is 7.47. The molecule has 0 aromatic heterocycles. The van der Waals surface area contributed by atoms with Crippen molar-refractivity contribution in [2.75, 3.05) is 47.1 Å². The Morgan fingerprint density at radius 3 is 2.27 bits per heavy atom. The summed E-state index contributed by atoms with van der Waals surface area (Å²) < 4.78 is 10.4. The molecule has 0 aliphatic heterocycles. The number of nitrogens with zero attached hydrogens (tertiary/aromatic N) is 1. The summed E-state index contributed by atoms with van der Waals surface area (Å²) in [6, 6.07) is 0. The lowest BCUT2D eigenvalue weighted by Crippen LogP contribution is -2.36. The SMILES string of the molecule is CCCCOC(=O)/C=C\C(=O)OCC=[P+]([O-])CC[N+](C)(C)C. The summed E-state index contributed by atoms with van der Waals surface area (Å²) in [4.78, 5) is 34.2. The fraction of sp³-hybridized carbons (Fsp3) is 0.667. The van der Waals surface area contributed by atoms with Crippen LogP contribution in [0.5, 0.6) is 0 Å². The van der Waals surface area contributed by atoms with Crippen molar-refractivity contribution in [2.45, 2.75) is 19.8 Å². The summed E-state index contributed by atoms with van der Waals surface area (Å²) in [5, 5.41) is 0. The molecular weight excluding hydrogens is 305 g/mol. The number of ether oxygens (including phenoxy) is 2. The number of unbranched alkanes of at least 4 members (excludes halogenated alkanes) is 1. The quantitative estimate of drug-likeness (QED) is 0.193. The van der Waals surface area contributed by atoms with Gasteiger partial charge in [0.25, 0.3) is 0 Å². The van der Waals surface area contributed by atoms with Gasteiger partial charge in [-0.15, -0.1) is 0 Å². The van der Waals surface area contributed by atoms with Crippen molar-refractivity contribution < 1.29 is 28.4 Å². The third-order valence-corrected chi connectivity index (χ3v) is 3.79. The second kappa shape index (κ2) is 11.4. The lowest BCUT2D eigenvalue weighted by atomic mass is 10.4. The van der Waals surface area contributed by atoms with E-state index >= 15 is 0 Å². The molecule has 126 valence electrons. The van der Waals surface area contributed by atoms with Crippen LogP contribution in [0.2, 0.25) is 0 Å². The lowest BCUT2D eigenvalue weighted by Gasteiger charge is -2.22. The zero-order valence-corrected chi connectivity index (χ0v) is 14.8. The van der Waals surface area contributed by atoms with Crippen molar-refractivity contribution in [1.29, 1.82) is 0 Å². The number of hydrogen-bond acceptors (Lipinski definition) is 5. The summed E-state index contributed by atoms with van der Waals surface area (Å²) in [6.45, 7) is 3.09. The van der Waals surface area contributed by atoms with Crippen LogP contribution in [-0.2, 0) is 19.1 Å². The van der Waals surface area contributed by atoms with Gasteiger partial charge in [0, 0.05) is 12.2 Å². The van der Waals surface area contributed by atoms with E-state index in [0.717, 1.165) is 36.0 Å². The van der Waals surface area contributed by atoms with Crippen LogP contribution < -0.4 is 4.89 Å². The highest BCUT2D eigenvalue weighted by Gasteiger charge is 2.10. The molecule has 0 radical (unpaired) electrons. The zero-order chi connectivity index (χ0) is 17.0. The molecule has 0 bridgehead atoms. The average molecular weight is 332 g/mol. The normalized spacial score (nSPS) is 12.5. The van der Waals surface area contributed by atoms with E-state index in [1.54, 1.807) is 0 Å². The number of rotatable bonds is 10. The maximum atomic E-state index is 11.7. The minimum atomic E-state index is -1.49. The number of hydrogen-bond donors (Lipinski definition) is 0. The summed E-state index contributed by atoms with van der Waals surface area (Å²) >= 11 is 0. The maximum absolute atomic E-state index is 11.7. The highest BCUT2D eigenvalue weighted by Crippen LogP contribution is 2.09. The first-order valence-electron chi connectivity index (χ1n) is 7.33. The van der Waals surface area contributed by atoms with Gasteiger partial charge in [-0.1, -0.05) is 13.3 Å². The van der Waals surface area contributed by atoms with E-state index in [1.165, 1.54) is 5.80 Å². The van der Waals surface area contributed by atoms with Crippen LogP contribution in [0.15, 0.2) is 12.2 Å². The van der Waals surface area contributed by atoms with Crippen molar-refractivity contribution in [3.8, 4) is 0 Å². The first kappa shape index (κ1) is 20.8. The van der Waals surface area contributed by atoms with Crippen molar-refractivity contribution in [1.82, 2.24) is 0 Å². The van der Waals surface area contributed by atoms with Crippen molar-refractivity contribution in [3.63, 3.8) is 0 Å². The summed E-state index contributed by atoms with van der Waals surface area (Å²) in [5.74, 6) is 0.262. The first-order chi connectivity index (χ1) is 10.2. The molecule has 0 amide bonds. The highest BCUT2D eigenvalue weighted by molar-refractivity contribution is 7.50. The standard InChI is InChI=1S/C15H27NO5P/c1-5-6-10-20-14(17)7-8-15(18)21-11-13-22(19)12-9-16(2,3)4/h7-8,13H,5-6,9-12H2,1-4H3/q+1/b8-7-. The Balaban J connectivity index is 3.95. The molecular formula is C15H27NO5P+. The number of quaternary nitrogens is 1. The van der Waals surface area contributed by atoms with Gasteiger partial charge in [-0.3, -0.25) is 0 Å². The van der Waals surface area contributed by atoms with Crippen LogP contribution in [0.3, 0.4) is 0 Å². The molecule has 0 aliphatic rings. The van der Waals surface area contributed by atoms with Crippen molar-refractivity contribution >= 4 is 25.5 Å². The smallest absolute Gasteiger partial charge is 0.331 e. The van der Waals surface area contributed by atoms with Gasteiger partial charge in [-0.05, 0) is 6.42 Å². The fourth-order valence-electron chi connectivity index (χ4n) is 1.24. The van der Waals surface area contributed by atoms with Gasteiger partial charge in [0.2, 0.25) is 0 Å². The van der Waals surface area contributed by atoms with E-state index < -0.39 is 19.7 Å². The van der Waals surface area contributed by atoms with Crippen molar-refractivity contribution in [2.24, 2.45) is 0 Å². The minimum absolute atomic E-state index is 0.0274. The molecule has 0 spiro atoms. The van der Waals surface area contributed by atoms with Gasteiger partial charge in [0.1, 0.15) is 18.9 Å². The van der Waals surface area contributed by atoms with Crippen LogP contribution in [0.25, 0.3) is 0 Å². The molecule has 0 aromatic rings. The zero-order valence-electron chi connectivity index (χ0n) is 13.9. The van der Waals surface area contributed by atoms with E-state index in [0.29, 0.717) is 12.8 Å². The van der Waals surface area contributed by atoms with Crippen LogP contribution >= 0.6 is 7.77 Å². The summed E-state index contributed by atoms with van der Waals surface area (Å²) in [7, 11) is 4.57. The Morgan fingerprint density at radius 2 is 1.73 bits per heavy atom. The van der Waals surface area contributed by atoms with Gasteiger partial charge < -0.3 is 18.9 Å². The third kappa shape index (κ3) is 13.7. The minimum Gasteiger partial charge on any atom is -0.630 e. The molecule has 0 heterocycles. The third-order valence-electron chi connectivity index (χ3n) is 2.59. The predicted molar refractivity (Wildman–Crippen MR) is 86.7 cm³/mol. The van der Waals surface area contributed by atoms with Crippen LogP contribution in [0.1, 0.15) is 19.8 Å². The van der Waals surface area contributed by atoms with E-state index in [1.807, 2.05) is 28.1 Å². The van der Waals surface area contributed by atoms with Gasteiger partial charge in [0.05, 0.1) is 35.5 Å². The van der Waals surface area contributed by atoms with E-state index in [9.17, 15) is 14.5 Å². The van der Waals surface area contributed by atoms with Crippen LogP contribution in [0, 0.1) is 0 Å². The summed E-state index contributed by atoms with van der Waals surface area (Å²) in [6.07, 6.45) is 4.33. The maximum Gasteiger partial charge on any atom is 0.331 e. The molecule has 7 heteroatoms. The van der Waals surface area contributed by atoms with Crippen LogP contribution in [0.4, 0.5) is 0 Å². The molecule has 1 unspecified atom stereocenters. The number of carbonyl (C=O) groups is 2. The Morgan fingerprint density at radius 1 is 1.14 bits per heavy atom. The van der Waals surface area contributed by atoms with E-state index in [4.69, 9.17) is 9.47 Å². The molecule has 0 N–H and O–H groups in total. The van der Waals surface area contributed by atoms with E-state index in [-0.39, 0.29) is 6.61 Å². The fourth-order valence-corrected chi connectivity index (χ4v) is 2.46. The second-order valence-electron chi connectivity index (χ2n) is 5.82. The molecule has 0 saturated carbocycles. The highest BCUT2D eigenvalue weighted by atomic mass is 31.1. The van der Waals surface area contributed by atoms with Crippen molar-refractivity contribution in [3.05, 3.63) is 12.2 Å². The number of esters is 2. The molecule has 0 saturated heterocycles. The molecule has 0 aliphatic carbocycles.